The van der Waals surface area contributed by atoms with Crippen molar-refractivity contribution in [2.45, 2.75) is 6.54 Å². The Bertz CT molecular complexity index is 332. The van der Waals surface area contributed by atoms with Gasteiger partial charge >= 0.3 is 0 Å². The summed E-state index contributed by atoms with van der Waals surface area (Å²) in [7, 11) is 4.09. The van der Waals surface area contributed by atoms with Crippen LogP contribution in [0.3, 0.4) is 0 Å². The van der Waals surface area contributed by atoms with Crippen LogP contribution in [-0.2, 0) is 6.54 Å². The standard InChI is InChI=1S/C12H20N4/c1-15(2)12-7-11(8-14-9-12)10-16-5-3-13-4-6-16/h7-9,13H,3-6,10H2,1-2H3. The fourth-order valence-electron chi connectivity index (χ4n) is 1.93. The predicted molar refractivity (Wildman–Crippen MR) is 66.7 cm³/mol. The van der Waals surface area contributed by atoms with Gasteiger partial charge in [-0.05, 0) is 11.6 Å². The van der Waals surface area contributed by atoms with E-state index in [4.69, 9.17) is 0 Å². The van der Waals surface area contributed by atoms with Crippen LogP contribution in [0.15, 0.2) is 18.5 Å². The second-order valence-electron chi connectivity index (χ2n) is 4.47. The average Bonchev–Trinajstić information content (AvgIpc) is 2.30. The van der Waals surface area contributed by atoms with E-state index < -0.39 is 0 Å². The maximum absolute atomic E-state index is 4.29. The Kier molecular flexibility index (Phi) is 3.74. The molecule has 4 heteroatoms. The van der Waals surface area contributed by atoms with Crippen molar-refractivity contribution in [3.8, 4) is 0 Å². The van der Waals surface area contributed by atoms with E-state index in [0.29, 0.717) is 0 Å². The van der Waals surface area contributed by atoms with Crippen LogP contribution in [-0.4, -0.2) is 50.2 Å². The summed E-state index contributed by atoms with van der Waals surface area (Å²) in [5, 5.41) is 3.36. The zero-order valence-corrected chi connectivity index (χ0v) is 10.1. The van der Waals surface area contributed by atoms with Crippen LogP contribution < -0.4 is 10.2 Å². The molecular weight excluding hydrogens is 200 g/mol. The van der Waals surface area contributed by atoms with Gasteiger partial charge in [0.2, 0.25) is 0 Å². The van der Waals surface area contributed by atoms with Crippen LogP contribution in [0, 0.1) is 0 Å². The highest BCUT2D eigenvalue weighted by Gasteiger charge is 2.10. The lowest BCUT2D eigenvalue weighted by Crippen LogP contribution is -2.42. The number of aromatic nitrogens is 1. The first-order valence-corrected chi connectivity index (χ1v) is 5.80. The molecule has 1 aromatic heterocycles. The summed E-state index contributed by atoms with van der Waals surface area (Å²) < 4.78 is 0. The molecule has 0 bridgehead atoms. The molecule has 0 saturated carbocycles. The monoisotopic (exact) mass is 220 g/mol. The number of nitrogens with one attached hydrogen (secondary N) is 1. The van der Waals surface area contributed by atoms with E-state index >= 15 is 0 Å². The zero-order valence-electron chi connectivity index (χ0n) is 10.1. The Balaban J connectivity index is 2.00. The largest absolute Gasteiger partial charge is 0.376 e. The summed E-state index contributed by atoms with van der Waals surface area (Å²) in [5.74, 6) is 0. The van der Waals surface area contributed by atoms with Crippen LogP contribution in [0.4, 0.5) is 5.69 Å². The fraction of sp³-hybridized carbons (Fsp3) is 0.583. The second-order valence-corrected chi connectivity index (χ2v) is 4.47. The van der Waals surface area contributed by atoms with Gasteiger partial charge in [0.15, 0.2) is 0 Å². The van der Waals surface area contributed by atoms with Gasteiger partial charge in [0, 0.05) is 53.0 Å². The third-order valence-corrected chi connectivity index (χ3v) is 2.91. The van der Waals surface area contributed by atoms with E-state index in [1.54, 1.807) is 0 Å². The lowest BCUT2D eigenvalue weighted by atomic mass is 10.2. The number of hydrogen-bond acceptors (Lipinski definition) is 4. The van der Waals surface area contributed by atoms with E-state index in [9.17, 15) is 0 Å². The molecule has 0 aromatic carbocycles. The topological polar surface area (TPSA) is 31.4 Å². The van der Waals surface area contributed by atoms with Crippen molar-refractivity contribution in [1.29, 1.82) is 0 Å². The summed E-state index contributed by atoms with van der Waals surface area (Å²) in [6.45, 7) is 5.47. The van der Waals surface area contributed by atoms with Crippen molar-refractivity contribution >= 4 is 5.69 Å². The molecule has 88 valence electrons. The molecule has 0 amide bonds. The molecular formula is C12H20N4. The van der Waals surface area contributed by atoms with E-state index in [2.05, 4.69) is 26.2 Å². The first kappa shape index (κ1) is 11.4. The molecule has 1 N–H and O–H groups in total. The van der Waals surface area contributed by atoms with Crippen molar-refractivity contribution in [2.75, 3.05) is 45.2 Å². The van der Waals surface area contributed by atoms with Crippen molar-refractivity contribution in [3.63, 3.8) is 0 Å². The minimum absolute atomic E-state index is 1.01. The summed E-state index contributed by atoms with van der Waals surface area (Å²) >= 11 is 0. The first-order valence-electron chi connectivity index (χ1n) is 5.80. The quantitative estimate of drug-likeness (QED) is 0.806. The van der Waals surface area contributed by atoms with Gasteiger partial charge in [0.05, 0.1) is 11.9 Å². The van der Waals surface area contributed by atoms with Crippen molar-refractivity contribution in [1.82, 2.24) is 15.2 Å². The van der Waals surface area contributed by atoms with Gasteiger partial charge in [-0.25, -0.2) is 0 Å². The van der Waals surface area contributed by atoms with E-state index in [1.165, 1.54) is 11.3 Å². The molecule has 1 aromatic rings. The maximum atomic E-state index is 4.29. The van der Waals surface area contributed by atoms with Gasteiger partial charge in [-0.3, -0.25) is 9.88 Å². The first-order chi connectivity index (χ1) is 7.75. The number of hydrogen-bond donors (Lipinski definition) is 1. The molecule has 0 unspecified atom stereocenters. The minimum Gasteiger partial charge on any atom is -0.376 e. The van der Waals surface area contributed by atoms with Crippen molar-refractivity contribution in [2.24, 2.45) is 0 Å². The van der Waals surface area contributed by atoms with Crippen LogP contribution in [0.5, 0.6) is 0 Å². The van der Waals surface area contributed by atoms with Crippen LogP contribution in [0.2, 0.25) is 0 Å². The van der Waals surface area contributed by atoms with Crippen molar-refractivity contribution in [3.05, 3.63) is 24.0 Å². The highest BCUT2D eigenvalue weighted by molar-refractivity contribution is 5.44. The van der Waals surface area contributed by atoms with Crippen LogP contribution in [0.25, 0.3) is 0 Å². The Morgan fingerprint density at radius 2 is 2.06 bits per heavy atom. The third-order valence-electron chi connectivity index (χ3n) is 2.91. The fourth-order valence-corrected chi connectivity index (χ4v) is 1.93. The van der Waals surface area contributed by atoms with E-state index in [1.807, 2.05) is 26.5 Å². The normalized spacial score (nSPS) is 17.4. The van der Waals surface area contributed by atoms with E-state index in [0.717, 1.165) is 32.7 Å². The molecule has 0 spiro atoms. The molecule has 0 aliphatic carbocycles. The number of pyridine rings is 1. The second kappa shape index (κ2) is 5.27. The number of rotatable bonds is 3. The molecule has 1 aliphatic heterocycles. The van der Waals surface area contributed by atoms with Gasteiger partial charge in [0.25, 0.3) is 0 Å². The number of piperazine rings is 1. The van der Waals surface area contributed by atoms with Crippen molar-refractivity contribution < 1.29 is 0 Å². The molecule has 1 fully saturated rings. The summed E-state index contributed by atoms with van der Waals surface area (Å²) in [6.07, 6.45) is 3.87. The van der Waals surface area contributed by atoms with Crippen LogP contribution in [0.1, 0.15) is 5.56 Å². The highest BCUT2D eigenvalue weighted by Crippen LogP contribution is 2.13. The number of anilines is 1. The molecule has 1 saturated heterocycles. The predicted octanol–water partition coefficient (Wildman–Crippen LogP) is 0.553. The minimum atomic E-state index is 1.01. The van der Waals surface area contributed by atoms with Gasteiger partial charge in [-0.2, -0.15) is 0 Å². The average molecular weight is 220 g/mol. The Labute approximate surface area is 97.3 Å². The van der Waals surface area contributed by atoms with Gasteiger partial charge in [-0.1, -0.05) is 0 Å². The summed E-state index contributed by atoms with van der Waals surface area (Å²) in [5.41, 5.74) is 2.47. The Morgan fingerprint density at radius 3 is 2.75 bits per heavy atom. The highest BCUT2D eigenvalue weighted by atomic mass is 15.2. The molecule has 2 rings (SSSR count). The summed E-state index contributed by atoms with van der Waals surface area (Å²) in [4.78, 5) is 8.84. The molecule has 1 aliphatic rings. The molecule has 2 heterocycles. The summed E-state index contributed by atoms with van der Waals surface area (Å²) in [6, 6.07) is 2.22. The third kappa shape index (κ3) is 2.93. The smallest absolute Gasteiger partial charge is 0.0550 e. The number of nitrogens with zero attached hydrogens (tertiary/aromatic N) is 3. The molecule has 0 atom stereocenters. The zero-order chi connectivity index (χ0) is 11.4. The lowest BCUT2D eigenvalue weighted by molar-refractivity contribution is 0.233. The Morgan fingerprint density at radius 1 is 1.31 bits per heavy atom. The lowest BCUT2D eigenvalue weighted by Gasteiger charge is -2.27. The molecule has 0 radical (unpaired) electrons. The van der Waals surface area contributed by atoms with Gasteiger partial charge in [-0.15, -0.1) is 0 Å². The van der Waals surface area contributed by atoms with Crippen LogP contribution >= 0.6 is 0 Å². The SMILES string of the molecule is CN(C)c1cncc(CN2CCNCC2)c1. The molecule has 16 heavy (non-hydrogen) atoms. The van der Waals surface area contributed by atoms with Gasteiger partial charge < -0.3 is 10.2 Å². The maximum Gasteiger partial charge on any atom is 0.0550 e. The van der Waals surface area contributed by atoms with E-state index in [-0.39, 0.29) is 0 Å². The molecule has 4 nitrogen and oxygen atoms in total. The Hall–Kier alpha value is -1.13. The van der Waals surface area contributed by atoms with Gasteiger partial charge in [0.1, 0.15) is 0 Å².